The lowest BCUT2D eigenvalue weighted by Crippen LogP contribution is -2.52. The van der Waals surface area contributed by atoms with Crippen molar-refractivity contribution < 1.29 is 9.59 Å². The number of pyridine rings is 1. The number of likely N-dealkylation sites (tertiary alicyclic amines) is 1. The van der Waals surface area contributed by atoms with E-state index < -0.39 is 5.91 Å². The average Bonchev–Trinajstić information content (AvgIpc) is 2.89. The van der Waals surface area contributed by atoms with Crippen LogP contribution in [0.4, 0.5) is 22.2 Å². The Bertz CT molecular complexity index is 1230. The van der Waals surface area contributed by atoms with Gasteiger partial charge in [0, 0.05) is 49.5 Å². The van der Waals surface area contributed by atoms with Crippen LogP contribution in [0.5, 0.6) is 0 Å². The topological polar surface area (TPSA) is 142 Å². The SMILES string of the molecule is NC(=O)c1nnc(N2CCCC(NC(=O)N3CCCCC3)C2)nc1Nc1ccc2cccnc2c1. The van der Waals surface area contributed by atoms with Crippen molar-refractivity contribution in [2.75, 3.05) is 36.4 Å². The summed E-state index contributed by atoms with van der Waals surface area (Å²) in [6.45, 7) is 2.91. The van der Waals surface area contributed by atoms with Crippen LogP contribution in [-0.4, -0.2) is 69.2 Å². The molecule has 2 aliphatic rings. The molecule has 3 aromatic rings. The van der Waals surface area contributed by atoms with E-state index in [9.17, 15) is 9.59 Å². The lowest BCUT2D eigenvalue weighted by Gasteiger charge is -2.35. The number of anilines is 3. The van der Waals surface area contributed by atoms with Crippen molar-refractivity contribution in [2.45, 2.75) is 38.1 Å². The molecule has 1 unspecified atom stereocenters. The molecule has 182 valence electrons. The van der Waals surface area contributed by atoms with Gasteiger partial charge in [-0.3, -0.25) is 9.78 Å². The number of hydrogen-bond donors (Lipinski definition) is 3. The fourth-order valence-electron chi connectivity index (χ4n) is 4.62. The van der Waals surface area contributed by atoms with Crippen LogP contribution in [-0.2, 0) is 0 Å². The normalized spacial score (nSPS) is 18.3. The highest BCUT2D eigenvalue weighted by Crippen LogP contribution is 2.24. The molecule has 5 rings (SSSR count). The minimum Gasteiger partial charge on any atom is -0.364 e. The van der Waals surface area contributed by atoms with Crippen molar-refractivity contribution >= 4 is 40.3 Å². The number of carbonyl (C=O) groups excluding carboxylic acids is 2. The van der Waals surface area contributed by atoms with E-state index in [1.165, 1.54) is 6.42 Å². The minimum atomic E-state index is -0.719. The van der Waals surface area contributed by atoms with Gasteiger partial charge >= 0.3 is 6.03 Å². The fraction of sp³-hybridized carbons (Fsp3) is 0.417. The van der Waals surface area contributed by atoms with Gasteiger partial charge in [-0.25, -0.2) is 4.79 Å². The number of urea groups is 1. The zero-order valence-electron chi connectivity index (χ0n) is 19.5. The molecule has 0 spiro atoms. The lowest BCUT2D eigenvalue weighted by molar-refractivity contribution is 0.0995. The summed E-state index contributed by atoms with van der Waals surface area (Å²) in [5, 5.41) is 15.6. The van der Waals surface area contributed by atoms with E-state index in [-0.39, 0.29) is 23.6 Å². The summed E-state index contributed by atoms with van der Waals surface area (Å²) in [6.07, 6.45) is 6.78. The Morgan fingerprint density at radius 2 is 1.89 bits per heavy atom. The summed E-state index contributed by atoms with van der Waals surface area (Å²) in [4.78, 5) is 37.5. The molecule has 4 heterocycles. The molecule has 2 fully saturated rings. The van der Waals surface area contributed by atoms with E-state index in [4.69, 9.17) is 5.73 Å². The van der Waals surface area contributed by atoms with Crippen molar-refractivity contribution in [2.24, 2.45) is 5.73 Å². The predicted octanol–water partition coefficient (Wildman–Crippen LogP) is 2.43. The first-order valence-corrected chi connectivity index (χ1v) is 12.0. The number of hydrogen-bond acceptors (Lipinski definition) is 8. The Morgan fingerprint density at radius 3 is 2.71 bits per heavy atom. The van der Waals surface area contributed by atoms with Crippen LogP contribution in [0.25, 0.3) is 10.9 Å². The highest BCUT2D eigenvalue weighted by atomic mass is 16.2. The van der Waals surface area contributed by atoms with Gasteiger partial charge in [0.1, 0.15) is 0 Å². The van der Waals surface area contributed by atoms with Crippen LogP contribution in [0, 0.1) is 0 Å². The molecular formula is C24H29N9O2. The highest BCUT2D eigenvalue weighted by molar-refractivity contribution is 5.96. The smallest absolute Gasteiger partial charge is 0.317 e. The first-order valence-electron chi connectivity index (χ1n) is 12.0. The molecular weight excluding hydrogens is 446 g/mol. The number of amides is 3. The second-order valence-electron chi connectivity index (χ2n) is 8.99. The summed E-state index contributed by atoms with van der Waals surface area (Å²) in [6, 6.07) is 9.51. The number of primary amides is 1. The molecule has 35 heavy (non-hydrogen) atoms. The molecule has 3 amide bonds. The van der Waals surface area contributed by atoms with E-state index >= 15 is 0 Å². The van der Waals surface area contributed by atoms with Crippen LogP contribution >= 0.6 is 0 Å². The molecule has 0 saturated carbocycles. The summed E-state index contributed by atoms with van der Waals surface area (Å²) in [5.74, 6) is -0.103. The van der Waals surface area contributed by atoms with Gasteiger partial charge < -0.3 is 26.2 Å². The Kier molecular flexibility index (Phi) is 6.55. The molecule has 11 heteroatoms. The first kappa shape index (κ1) is 22.8. The quantitative estimate of drug-likeness (QED) is 0.511. The molecule has 0 aliphatic carbocycles. The van der Waals surface area contributed by atoms with E-state index in [1.807, 2.05) is 40.1 Å². The number of nitrogens with two attached hydrogens (primary N) is 1. The Labute approximate surface area is 203 Å². The number of carbonyl (C=O) groups is 2. The molecule has 0 radical (unpaired) electrons. The first-order chi connectivity index (χ1) is 17.1. The predicted molar refractivity (Wildman–Crippen MR) is 133 cm³/mol. The third kappa shape index (κ3) is 5.23. The molecule has 11 nitrogen and oxygen atoms in total. The number of benzene rings is 1. The van der Waals surface area contributed by atoms with Gasteiger partial charge in [0.15, 0.2) is 11.5 Å². The van der Waals surface area contributed by atoms with E-state index in [1.54, 1.807) is 6.20 Å². The van der Waals surface area contributed by atoms with Gasteiger partial charge in [-0.1, -0.05) is 12.1 Å². The number of rotatable bonds is 5. The summed E-state index contributed by atoms with van der Waals surface area (Å²) in [7, 11) is 0. The Morgan fingerprint density at radius 1 is 1.03 bits per heavy atom. The lowest BCUT2D eigenvalue weighted by atomic mass is 10.1. The maximum atomic E-state index is 12.7. The second-order valence-corrected chi connectivity index (χ2v) is 8.99. The van der Waals surface area contributed by atoms with Crippen molar-refractivity contribution in [1.82, 2.24) is 30.4 Å². The number of nitrogens with zero attached hydrogens (tertiary/aromatic N) is 6. The van der Waals surface area contributed by atoms with Gasteiger partial charge in [-0.05, 0) is 50.3 Å². The largest absolute Gasteiger partial charge is 0.364 e. The van der Waals surface area contributed by atoms with Gasteiger partial charge in [0.05, 0.1) is 5.52 Å². The van der Waals surface area contributed by atoms with Crippen LogP contribution in [0.15, 0.2) is 36.5 Å². The minimum absolute atomic E-state index is 0.00746. The van der Waals surface area contributed by atoms with Gasteiger partial charge in [-0.2, -0.15) is 4.98 Å². The summed E-state index contributed by atoms with van der Waals surface area (Å²) >= 11 is 0. The summed E-state index contributed by atoms with van der Waals surface area (Å²) < 4.78 is 0. The molecule has 2 saturated heterocycles. The number of aromatic nitrogens is 4. The van der Waals surface area contributed by atoms with Gasteiger partial charge in [0.25, 0.3) is 5.91 Å². The third-order valence-electron chi connectivity index (χ3n) is 6.45. The Hall–Kier alpha value is -4.02. The van der Waals surface area contributed by atoms with Gasteiger partial charge in [-0.15, -0.1) is 10.2 Å². The standard InChI is InChI=1S/C24H29N9O2/c25-21(34)20-22(27-17-9-8-16-6-4-10-26-19(16)14-17)29-23(31-30-20)33-13-5-7-18(15-33)28-24(35)32-11-2-1-3-12-32/h4,6,8-10,14,18H,1-3,5,7,11-13,15H2,(H2,25,34)(H,28,35)(H,27,29,31). The van der Waals surface area contributed by atoms with Crippen molar-refractivity contribution in [3.8, 4) is 0 Å². The van der Waals surface area contributed by atoms with E-state index in [0.29, 0.717) is 18.2 Å². The number of nitrogens with one attached hydrogen (secondary N) is 2. The van der Waals surface area contributed by atoms with E-state index in [2.05, 4.69) is 30.8 Å². The third-order valence-corrected chi connectivity index (χ3v) is 6.45. The summed E-state index contributed by atoms with van der Waals surface area (Å²) in [5.41, 5.74) is 7.01. The van der Waals surface area contributed by atoms with Gasteiger partial charge in [0.2, 0.25) is 5.95 Å². The van der Waals surface area contributed by atoms with Crippen molar-refractivity contribution in [3.05, 3.63) is 42.2 Å². The van der Waals surface area contributed by atoms with Crippen LogP contribution < -0.4 is 21.3 Å². The zero-order valence-corrected chi connectivity index (χ0v) is 19.5. The fourth-order valence-corrected chi connectivity index (χ4v) is 4.62. The van der Waals surface area contributed by atoms with E-state index in [0.717, 1.165) is 56.2 Å². The van der Waals surface area contributed by atoms with Crippen LogP contribution in [0.1, 0.15) is 42.6 Å². The average molecular weight is 476 g/mol. The molecule has 1 aromatic carbocycles. The molecule has 0 bridgehead atoms. The molecule has 4 N–H and O–H groups in total. The monoisotopic (exact) mass is 475 g/mol. The molecule has 2 aliphatic heterocycles. The van der Waals surface area contributed by atoms with Crippen LogP contribution in [0.3, 0.4) is 0 Å². The number of fused-ring (bicyclic) bond motifs is 1. The molecule has 1 atom stereocenters. The van der Waals surface area contributed by atoms with Crippen molar-refractivity contribution in [1.29, 1.82) is 0 Å². The zero-order chi connectivity index (χ0) is 24.2. The second kappa shape index (κ2) is 10.1. The molecule has 2 aromatic heterocycles. The van der Waals surface area contributed by atoms with Crippen LogP contribution in [0.2, 0.25) is 0 Å². The number of piperidine rings is 2. The maximum absolute atomic E-state index is 12.7. The Balaban J connectivity index is 1.33. The highest BCUT2D eigenvalue weighted by Gasteiger charge is 2.27. The van der Waals surface area contributed by atoms with Crippen molar-refractivity contribution in [3.63, 3.8) is 0 Å². The maximum Gasteiger partial charge on any atom is 0.317 e.